The number of anilines is 2. The van der Waals surface area contributed by atoms with Gasteiger partial charge in [0, 0.05) is 31.7 Å². The number of carbonyl (C=O) groups excluding carboxylic acids is 2. The number of amides is 2. The number of allylic oxidation sites excluding steroid dienone is 1. The highest BCUT2D eigenvalue weighted by Gasteiger charge is 2.41. The fraction of sp³-hybridized carbons (Fsp3) is 0.435. The molecule has 1 aliphatic heterocycles. The molecule has 0 spiro atoms. The van der Waals surface area contributed by atoms with Crippen molar-refractivity contribution in [2.45, 2.75) is 32.8 Å². The summed E-state index contributed by atoms with van der Waals surface area (Å²) < 4.78 is 20.4. The van der Waals surface area contributed by atoms with E-state index in [9.17, 15) is 14.0 Å². The number of aromatic nitrogens is 2. The molecule has 1 fully saturated rings. The summed E-state index contributed by atoms with van der Waals surface area (Å²) in [4.78, 5) is 27.2. The molecule has 1 aliphatic carbocycles. The van der Waals surface area contributed by atoms with Crippen LogP contribution in [0.2, 0.25) is 5.02 Å². The summed E-state index contributed by atoms with van der Waals surface area (Å²) in [5.74, 6) is -0.417. The summed E-state index contributed by atoms with van der Waals surface area (Å²) >= 11 is 5.82. The second kappa shape index (κ2) is 8.37. The Morgan fingerprint density at radius 3 is 2.67 bits per heavy atom. The lowest BCUT2D eigenvalue weighted by Crippen LogP contribution is -2.35. The largest absolute Gasteiger partial charge is 0.444 e. The topological polar surface area (TPSA) is 102 Å². The molecule has 176 valence electrons. The molecule has 4 rings (SSSR count). The molecule has 0 bridgehead atoms. The predicted molar refractivity (Wildman–Crippen MR) is 124 cm³/mol. The molecule has 8 nitrogen and oxygen atoms in total. The van der Waals surface area contributed by atoms with Gasteiger partial charge in [0.2, 0.25) is 0 Å². The molecule has 2 heterocycles. The molecule has 2 amide bonds. The lowest BCUT2D eigenvalue weighted by molar-refractivity contribution is 0.0285. The number of fused-ring (bicyclic) bond motifs is 1. The van der Waals surface area contributed by atoms with Gasteiger partial charge in [0.05, 0.1) is 5.02 Å². The molecule has 3 N–H and O–H groups in total. The number of rotatable bonds is 3. The van der Waals surface area contributed by atoms with Crippen molar-refractivity contribution >= 4 is 40.7 Å². The third kappa shape index (κ3) is 4.68. The van der Waals surface area contributed by atoms with Crippen molar-refractivity contribution in [3.63, 3.8) is 0 Å². The van der Waals surface area contributed by atoms with E-state index >= 15 is 0 Å². The van der Waals surface area contributed by atoms with Gasteiger partial charge in [-0.2, -0.15) is 5.10 Å². The van der Waals surface area contributed by atoms with Crippen LogP contribution in [-0.4, -0.2) is 45.4 Å². The Hall–Kier alpha value is -3.07. The number of aryl methyl sites for hydroxylation is 1. The van der Waals surface area contributed by atoms with Crippen molar-refractivity contribution in [1.82, 2.24) is 14.7 Å². The lowest BCUT2D eigenvalue weighted by atomic mass is 9.99. The van der Waals surface area contributed by atoms with Crippen molar-refractivity contribution in [2.24, 2.45) is 18.9 Å². The van der Waals surface area contributed by atoms with Crippen LogP contribution in [-0.2, 0) is 11.8 Å². The molecule has 0 radical (unpaired) electrons. The summed E-state index contributed by atoms with van der Waals surface area (Å²) in [6.45, 7) is 6.67. The minimum Gasteiger partial charge on any atom is -0.444 e. The lowest BCUT2D eigenvalue weighted by Gasteiger charge is -2.24. The number of benzene rings is 1. The van der Waals surface area contributed by atoms with Gasteiger partial charge in [-0.3, -0.25) is 9.48 Å². The first-order valence-corrected chi connectivity index (χ1v) is 11.1. The number of likely N-dealkylation sites (tertiary alicyclic amines) is 1. The average molecular weight is 476 g/mol. The van der Waals surface area contributed by atoms with E-state index in [2.05, 4.69) is 16.5 Å². The third-order valence-electron chi connectivity index (χ3n) is 5.84. The van der Waals surface area contributed by atoms with E-state index in [1.807, 2.05) is 20.8 Å². The maximum absolute atomic E-state index is 13.4. The SMILES string of the molecule is Cn1nc(C2=CC3CN(C(=O)OC(C)(C)C)CC3C2)c(C(=O)Nc2ccc(F)c(Cl)c2)c1N. The highest BCUT2D eigenvalue weighted by Crippen LogP contribution is 2.42. The van der Waals surface area contributed by atoms with Crippen molar-refractivity contribution in [3.05, 3.63) is 46.4 Å². The molecule has 2 atom stereocenters. The maximum Gasteiger partial charge on any atom is 0.410 e. The van der Waals surface area contributed by atoms with Crippen LogP contribution in [0.15, 0.2) is 24.3 Å². The standard InChI is InChI=1S/C23H27ClFN5O3/c1-23(2,3)33-22(32)30-10-13-7-12(8-14(13)11-30)19-18(20(26)29(4)28-19)21(31)27-15-5-6-17(25)16(24)9-15/h5-7,9,13-14H,8,10-11,26H2,1-4H3,(H,27,31). The van der Waals surface area contributed by atoms with E-state index in [0.717, 1.165) is 5.57 Å². The number of hydrogen-bond donors (Lipinski definition) is 2. The quantitative estimate of drug-likeness (QED) is 0.688. The number of nitrogens with two attached hydrogens (primary N) is 1. The van der Waals surface area contributed by atoms with Crippen LogP contribution in [0.3, 0.4) is 0 Å². The first-order valence-electron chi connectivity index (χ1n) is 10.7. The average Bonchev–Trinajstić information content (AvgIpc) is 3.35. The minimum atomic E-state index is -0.570. The Kier molecular flexibility index (Phi) is 5.86. The first-order chi connectivity index (χ1) is 15.4. The monoisotopic (exact) mass is 475 g/mol. The molecular weight excluding hydrogens is 449 g/mol. The van der Waals surface area contributed by atoms with E-state index in [4.69, 9.17) is 22.1 Å². The smallest absolute Gasteiger partial charge is 0.410 e. The van der Waals surface area contributed by atoms with E-state index in [1.165, 1.54) is 22.9 Å². The Balaban J connectivity index is 1.53. The normalized spacial score (nSPS) is 19.9. The maximum atomic E-state index is 13.4. The van der Waals surface area contributed by atoms with Crippen molar-refractivity contribution < 1.29 is 18.7 Å². The number of hydrogen-bond acceptors (Lipinski definition) is 5. The zero-order chi connectivity index (χ0) is 24.1. The Labute approximate surface area is 196 Å². The number of nitrogens with one attached hydrogen (secondary N) is 1. The summed E-state index contributed by atoms with van der Waals surface area (Å²) in [7, 11) is 1.67. The second-order valence-corrected chi connectivity index (χ2v) is 9.93. The fourth-order valence-corrected chi connectivity index (χ4v) is 4.49. The van der Waals surface area contributed by atoms with Gasteiger partial charge in [0.1, 0.15) is 28.5 Å². The van der Waals surface area contributed by atoms with Gasteiger partial charge in [-0.05, 0) is 56.9 Å². The Morgan fingerprint density at radius 1 is 1.30 bits per heavy atom. The van der Waals surface area contributed by atoms with Gasteiger partial charge < -0.3 is 20.7 Å². The Bertz CT molecular complexity index is 1150. The molecule has 33 heavy (non-hydrogen) atoms. The fourth-order valence-electron chi connectivity index (χ4n) is 4.31. The molecule has 1 aromatic carbocycles. The molecule has 2 unspecified atom stereocenters. The summed E-state index contributed by atoms with van der Waals surface area (Å²) in [6.07, 6.45) is 2.43. The minimum absolute atomic E-state index is 0.0898. The zero-order valence-electron chi connectivity index (χ0n) is 19.0. The van der Waals surface area contributed by atoms with Gasteiger partial charge in [0.25, 0.3) is 5.91 Å². The van der Waals surface area contributed by atoms with Crippen molar-refractivity contribution in [3.8, 4) is 0 Å². The van der Waals surface area contributed by atoms with Crippen molar-refractivity contribution in [2.75, 3.05) is 24.1 Å². The number of halogens is 2. The molecule has 1 saturated heterocycles. The number of nitrogens with zero attached hydrogens (tertiary/aromatic N) is 3. The van der Waals surface area contributed by atoms with Crippen LogP contribution in [0, 0.1) is 17.7 Å². The molecular formula is C23H27ClFN5O3. The van der Waals surface area contributed by atoms with E-state index in [-0.39, 0.29) is 34.3 Å². The molecule has 2 aromatic rings. The molecule has 0 saturated carbocycles. The highest BCUT2D eigenvalue weighted by atomic mass is 35.5. The Morgan fingerprint density at radius 2 is 2.03 bits per heavy atom. The first kappa shape index (κ1) is 23.1. The van der Waals surface area contributed by atoms with E-state index in [1.54, 1.807) is 11.9 Å². The number of ether oxygens (including phenoxy) is 1. The van der Waals surface area contributed by atoms with Gasteiger partial charge in [-0.15, -0.1) is 0 Å². The van der Waals surface area contributed by atoms with Crippen molar-refractivity contribution in [1.29, 1.82) is 0 Å². The van der Waals surface area contributed by atoms with E-state index in [0.29, 0.717) is 30.9 Å². The molecule has 2 aliphatic rings. The zero-order valence-corrected chi connectivity index (χ0v) is 19.7. The van der Waals surface area contributed by atoms with Crippen LogP contribution in [0.5, 0.6) is 0 Å². The van der Waals surface area contributed by atoms with Gasteiger partial charge >= 0.3 is 6.09 Å². The number of nitrogen functional groups attached to an aromatic ring is 1. The van der Waals surface area contributed by atoms with Gasteiger partial charge in [0.15, 0.2) is 0 Å². The molecule has 10 heteroatoms. The summed E-state index contributed by atoms with van der Waals surface area (Å²) in [5, 5.41) is 7.12. The second-order valence-electron chi connectivity index (χ2n) is 9.52. The van der Waals surface area contributed by atoms with Crippen LogP contribution in [0.4, 0.5) is 20.7 Å². The highest BCUT2D eigenvalue weighted by molar-refractivity contribution is 6.31. The number of carbonyl (C=O) groups is 2. The van der Waals surface area contributed by atoms with Crippen LogP contribution < -0.4 is 11.1 Å². The summed E-state index contributed by atoms with van der Waals surface area (Å²) in [5.41, 5.74) is 7.67. The van der Waals surface area contributed by atoms with E-state index < -0.39 is 17.3 Å². The van der Waals surface area contributed by atoms with Crippen LogP contribution in [0.1, 0.15) is 43.2 Å². The predicted octanol–water partition coefficient (Wildman–Crippen LogP) is 4.32. The molecule has 1 aromatic heterocycles. The third-order valence-corrected chi connectivity index (χ3v) is 6.13. The summed E-state index contributed by atoms with van der Waals surface area (Å²) in [6, 6.07) is 3.95. The van der Waals surface area contributed by atoms with Gasteiger partial charge in [-0.25, -0.2) is 9.18 Å². The van der Waals surface area contributed by atoms with Crippen LogP contribution >= 0.6 is 11.6 Å². The van der Waals surface area contributed by atoms with Crippen LogP contribution in [0.25, 0.3) is 5.57 Å². The van der Waals surface area contributed by atoms with Gasteiger partial charge in [-0.1, -0.05) is 17.7 Å².